The molecule has 1 N–H and O–H groups in total. The monoisotopic (exact) mass is 201 g/mol. The van der Waals surface area contributed by atoms with E-state index >= 15 is 0 Å². The van der Waals surface area contributed by atoms with Crippen molar-refractivity contribution in [2.24, 2.45) is 11.8 Å². The van der Waals surface area contributed by atoms with Crippen LogP contribution in [0.25, 0.3) is 0 Å². The van der Waals surface area contributed by atoms with Gasteiger partial charge < -0.3 is 0 Å². The summed E-state index contributed by atoms with van der Waals surface area (Å²) >= 11 is 0. The Morgan fingerprint density at radius 2 is 1.57 bits per heavy atom. The fourth-order valence-electron chi connectivity index (χ4n) is 1.06. The lowest BCUT2D eigenvalue weighted by atomic mass is 9.96. The van der Waals surface area contributed by atoms with E-state index in [9.17, 15) is 4.79 Å². The summed E-state index contributed by atoms with van der Waals surface area (Å²) in [6.07, 6.45) is -0.336. The van der Waals surface area contributed by atoms with Gasteiger partial charge in [-0.1, -0.05) is 27.7 Å². The van der Waals surface area contributed by atoms with Crippen LogP contribution in [-0.2, 0) is 9.63 Å². The van der Waals surface area contributed by atoms with Gasteiger partial charge in [0, 0.05) is 12.0 Å². The number of hydroxylamine groups is 1. The SMILES string of the molecule is CC(C)NOC(C(=O)C(C)C)C(C)C. The molecule has 0 rings (SSSR count). The Labute approximate surface area is 87.2 Å². The molecule has 0 radical (unpaired) electrons. The normalized spacial score (nSPS) is 14.1. The summed E-state index contributed by atoms with van der Waals surface area (Å²) in [6.45, 7) is 11.8. The molecule has 0 aromatic carbocycles. The van der Waals surface area contributed by atoms with Crippen LogP contribution in [0, 0.1) is 11.8 Å². The van der Waals surface area contributed by atoms with E-state index in [1.54, 1.807) is 0 Å². The lowest BCUT2D eigenvalue weighted by Gasteiger charge is -2.23. The number of carbonyl (C=O) groups excluding carboxylic acids is 1. The van der Waals surface area contributed by atoms with E-state index < -0.39 is 0 Å². The summed E-state index contributed by atoms with van der Waals surface area (Å²) in [4.78, 5) is 17.1. The van der Waals surface area contributed by atoms with E-state index in [-0.39, 0.29) is 29.8 Å². The highest BCUT2D eigenvalue weighted by atomic mass is 16.7. The Bertz CT molecular complexity index is 176. The quantitative estimate of drug-likeness (QED) is 0.669. The fraction of sp³-hybridized carbons (Fsp3) is 0.909. The minimum Gasteiger partial charge on any atom is -0.296 e. The molecule has 0 aliphatic carbocycles. The van der Waals surface area contributed by atoms with Crippen LogP contribution in [-0.4, -0.2) is 17.9 Å². The Morgan fingerprint density at radius 3 is 1.86 bits per heavy atom. The van der Waals surface area contributed by atoms with Gasteiger partial charge >= 0.3 is 0 Å². The average Bonchev–Trinajstić information content (AvgIpc) is 2.02. The van der Waals surface area contributed by atoms with Gasteiger partial charge in [-0.2, -0.15) is 5.48 Å². The predicted octanol–water partition coefficient (Wildman–Crippen LogP) is 2.17. The summed E-state index contributed by atoms with van der Waals surface area (Å²) in [5, 5.41) is 0. The molecular formula is C11H23NO2. The third-order valence-corrected chi connectivity index (χ3v) is 1.89. The summed E-state index contributed by atoms with van der Waals surface area (Å²) in [6, 6.07) is 0.233. The van der Waals surface area contributed by atoms with Crippen molar-refractivity contribution in [1.29, 1.82) is 0 Å². The van der Waals surface area contributed by atoms with Crippen molar-refractivity contribution in [1.82, 2.24) is 5.48 Å². The maximum Gasteiger partial charge on any atom is 0.166 e. The van der Waals surface area contributed by atoms with E-state index in [0.717, 1.165) is 0 Å². The second-order valence-corrected chi connectivity index (χ2v) is 4.61. The summed E-state index contributed by atoms with van der Waals surface area (Å²) < 4.78 is 0. The maximum atomic E-state index is 11.7. The molecule has 0 aliphatic heterocycles. The first kappa shape index (κ1) is 13.6. The van der Waals surface area contributed by atoms with E-state index in [4.69, 9.17) is 4.84 Å². The lowest BCUT2D eigenvalue weighted by molar-refractivity contribution is -0.144. The molecule has 0 aromatic rings. The molecule has 0 saturated heterocycles. The molecule has 84 valence electrons. The second kappa shape index (κ2) is 6.14. The Kier molecular flexibility index (Phi) is 5.96. The van der Waals surface area contributed by atoms with Gasteiger partial charge in [-0.05, 0) is 19.8 Å². The number of hydrogen-bond donors (Lipinski definition) is 1. The molecule has 1 unspecified atom stereocenters. The van der Waals surface area contributed by atoms with Gasteiger partial charge in [-0.25, -0.2) is 0 Å². The molecular weight excluding hydrogens is 178 g/mol. The van der Waals surface area contributed by atoms with Crippen LogP contribution in [0.15, 0.2) is 0 Å². The minimum atomic E-state index is -0.336. The van der Waals surface area contributed by atoms with Crippen LogP contribution in [0.3, 0.4) is 0 Å². The average molecular weight is 201 g/mol. The predicted molar refractivity (Wildman–Crippen MR) is 57.8 cm³/mol. The van der Waals surface area contributed by atoms with Gasteiger partial charge in [0.2, 0.25) is 0 Å². The van der Waals surface area contributed by atoms with Crippen LogP contribution in [0.5, 0.6) is 0 Å². The van der Waals surface area contributed by atoms with E-state index in [0.29, 0.717) is 0 Å². The first-order chi connectivity index (χ1) is 6.36. The van der Waals surface area contributed by atoms with Crippen molar-refractivity contribution in [3.8, 4) is 0 Å². The Balaban J connectivity index is 4.23. The van der Waals surface area contributed by atoms with E-state index in [1.165, 1.54) is 0 Å². The molecule has 3 nitrogen and oxygen atoms in total. The van der Waals surface area contributed by atoms with Crippen molar-refractivity contribution in [2.45, 2.75) is 53.7 Å². The van der Waals surface area contributed by atoms with Crippen LogP contribution in [0.2, 0.25) is 0 Å². The first-order valence-corrected chi connectivity index (χ1v) is 5.31. The van der Waals surface area contributed by atoms with E-state index in [2.05, 4.69) is 5.48 Å². The van der Waals surface area contributed by atoms with Crippen molar-refractivity contribution < 1.29 is 9.63 Å². The second-order valence-electron chi connectivity index (χ2n) is 4.61. The molecule has 0 fully saturated rings. The fourth-order valence-corrected chi connectivity index (χ4v) is 1.06. The molecule has 1 atom stereocenters. The maximum absolute atomic E-state index is 11.7. The summed E-state index contributed by atoms with van der Waals surface area (Å²) in [5.41, 5.74) is 2.84. The summed E-state index contributed by atoms with van der Waals surface area (Å²) in [7, 11) is 0. The van der Waals surface area contributed by atoms with E-state index in [1.807, 2.05) is 41.5 Å². The third-order valence-electron chi connectivity index (χ3n) is 1.89. The molecule has 14 heavy (non-hydrogen) atoms. The topological polar surface area (TPSA) is 38.3 Å². The highest BCUT2D eigenvalue weighted by molar-refractivity contribution is 5.85. The zero-order chi connectivity index (χ0) is 11.3. The van der Waals surface area contributed by atoms with Crippen molar-refractivity contribution in [3.63, 3.8) is 0 Å². The van der Waals surface area contributed by atoms with Crippen LogP contribution >= 0.6 is 0 Å². The Hall–Kier alpha value is -0.410. The van der Waals surface area contributed by atoms with Gasteiger partial charge in [0.1, 0.15) is 6.10 Å². The number of nitrogens with one attached hydrogen (secondary N) is 1. The lowest BCUT2D eigenvalue weighted by Crippen LogP contribution is -2.39. The van der Waals surface area contributed by atoms with Gasteiger partial charge in [0.25, 0.3) is 0 Å². The number of Topliss-reactive ketones (excluding diaryl/α,β-unsaturated/α-hetero) is 1. The zero-order valence-electron chi connectivity index (χ0n) is 10.1. The van der Waals surface area contributed by atoms with Crippen molar-refractivity contribution in [2.75, 3.05) is 0 Å². The van der Waals surface area contributed by atoms with Crippen molar-refractivity contribution >= 4 is 5.78 Å². The smallest absolute Gasteiger partial charge is 0.166 e. The zero-order valence-corrected chi connectivity index (χ0v) is 10.1. The molecule has 0 spiro atoms. The van der Waals surface area contributed by atoms with Crippen LogP contribution in [0.1, 0.15) is 41.5 Å². The molecule has 0 amide bonds. The van der Waals surface area contributed by atoms with Crippen LogP contribution < -0.4 is 5.48 Å². The number of ketones is 1. The standard InChI is InChI=1S/C11H23NO2/c1-7(2)10(13)11(8(3)4)14-12-9(5)6/h7-9,11-12H,1-6H3. The molecule has 3 heteroatoms. The molecule has 0 bridgehead atoms. The highest BCUT2D eigenvalue weighted by Crippen LogP contribution is 2.12. The molecule has 0 heterocycles. The van der Waals surface area contributed by atoms with Gasteiger partial charge in [0.05, 0.1) is 0 Å². The molecule has 0 aliphatic rings. The minimum absolute atomic E-state index is 0.0244. The van der Waals surface area contributed by atoms with Gasteiger partial charge in [0.15, 0.2) is 5.78 Å². The third kappa shape index (κ3) is 4.72. The van der Waals surface area contributed by atoms with Crippen molar-refractivity contribution in [3.05, 3.63) is 0 Å². The number of hydrogen-bond acceptors (Lipinski definition) is 3. The van der Waals surface area contributed by atoms with Crippen LogP contribution in [0.4, 0.5) is 0 Å². The number of carbonyl (C=O) groups is 1. The molecule has 0 saturated carbocycles. The number of rotatable bonds is 6. The van der Waals surface area contributed by atoms with Gasteiger partial charge in [-0.15, -0.1) is 0 Å². The molecule has 0 aromatic heterocycles. The van der Waals surface area contributed by atoms with Gasteiger partial charge in [-0.3, -0.25) is 9.63 Å². The Morgan fingerprint density at radius 1 is 1.07 bits per heavy atom. The first-order valence-electron chi connectivity index (χ1n) is 5.31. The summed E-state index contributed by atoms with van der Waals surface area (Å²) in [5.74, 6) is 0.390. The highest BCUT2D eigenvalue weighted by Gasteiger charge is 2.25. The largest absolute Gasteiger partial charge is 0.296 e.